The Hall–Kier alpha value is -1.69. The molecule has 0 unspecified atom stereocenters. The number of aromatic nitrogens is 5. The Morgan fingerprint density at radius 1 is 1.32 bits per heavy atom. The van der Waals surface area contributed by atoms with Crippen molar-refractivity contribution in [1.29, 1.82) is 0 Å². The largest absolute Gasteiger partial charge is 0.357 e. The van der Waals surface area contributed by atoms with Crippen molar-refractivity contribution in [3.8, 4) is 0 Å². The molecule has 136 valence electrons. The van der Waals surface area contributed by atoms with Crippen molar-refractivity contribution in [3.63, 3.8) is 0 Å². The highest BCUT2D eigenvalue weighted by molar-refractivity contribution is 14.0. The summed E-state index contributed by atoms with van der Waals surface area (Å²) in [6.45, 7) is 7.07. The van der Waals surface area contributed by atoms with Gasteiger partial charge in [-0.3, -0.25) is 4.40 Å². The van der Waals surface area contributed by atoms with Crippen LogP contribution in [0.4, 0.5) is 0 Å². The lowest BCUT2D eigenvalue weighted by Crippen LogP contribution is -2.38. The molecular weight excluding hydrogens is 451 g/mol. The first kappa shape index (κ1) is 19.6. The van der Waals surface area contributed by atoms with E-state index in [1.54, 1.807) is 17.7 Å². The molecule has 3 heterocycles. The van der Waals surface area contributed by atoms with Gasteiger partial charge in [0.15, 0.2) is 10.9 Å². The van der Waals surface area contributed by atoms with Gasteiger partial charge in [0, 0.05) is 43.8 Å². The van der Waals surface area contributed by atoms with Crippen molar-refractivity contribution < 1.29 is 0 Å². The first-order valence-corrected chi connectivity index (χ1v) is 8.98. The number of fused-ring (bicyclic) bond motifs is 1. The Balaban J connectivity index is 0.00000225. The third kappa shape index (κ3) is 5.14. The molecule has 3 aromatic heterocycles. The first-order chi connectivity index (χ1) is 11.8. The van der Waals surface area contributed by atoms with E-state index < -0.39 is 0 Å². The third-order valence-electron chi connectivity index (χ3n) is 3.54. The van der Waals surface area contributed by atoms with E-state index in [0.29, 0.717) is 6.54 Å². The maximum Gasteiger partial charge on any atom is 0.193 e. The molecule has 8 nitrogen and oxygen atoms in total. The van der Waals surface area contributed by atoms with Crippen molar-refractivity contribution in [3.05, 3.63) is 35.6 Å². The molecule has 0 saturated carbocycles. The van der Waals surface area contributed by atoms with Gasteiger partial charge in [-0.05, 0) is 6.92 Å². The van der Waals surface area contributed by atoms with Crippen LogP contribution in [-0.4, -0.2) is 43.2 Å². The minimum absolute atomic E-state index is 0. The fourth-order valence-corrected chi connectivity index (χ4v) is 3.11. The number of halogens is 1. The molecule has 3 aromatic rings. The molecule has 10 heteroatoms. The maximum absolute atomic E-state index is 4.60. The Kier molecular flexibility index (Phi) is 7.62. The summed E-state index contributed by atoms with van der Waals surface area (Å²) in [4.78, 5) is 10.1. The number of imidazole rings is 1. The molecule has 0 aliphatic rings. The lowest BCUT2D eigenvalue weighted by molar-refractivity contribution is 0.632. The number of nitrogens with one attached hydrogen (secondary N) is 2. The van der Waals surface area contributed by atoms with Gasteiger partial charge in [-0.1, -0.05) is 6.92 Å². The summed E-state index contributed by atoms with van der Waals surface area (Å²) < 4.78 is 4.08. The molecule has 0 bridgehead atoms. The third-order valence-corrected chi connectivity index (χ3v) is 4.31. The number of rotatable bonds is 7. The summed E-state index contributed by atoms with van der Waals surface area (Å²) in [6.07, 6.45) is 6.67. The molecule has 3 rings (SSSR count). The second kappa shape index (κ2) is 9.70. The number of nitrogens with zero attached hydrogens (tertiary/aromatic N) is 6. The Morgan fingerprint density at radius 3 is 2.96 bits per heavy atom. The van der Waals surface area contributed by atoms with Crippen LogP contribution < -0.4 is 10.6 Å². The van der Waals surface area contributed by atoms with Crippen molar-refractivity contribution in [2.45, 2.75) is 33.4 Å². The molecular formula is C15H23IN8S. The van der Waals surface area contributed by atoms with Crippen LogP contribution in [0.5, 0.6) is 0 Å². The maximum atomic E-state index is 4.60. The number of guanidine groups is 1. The predicted molar refractivity (Wildman–Crippen MR) is 111 cm³/mol. The van der Waals surface area contributed by atoms with Gasteiger partial charge in [0.2, 0.25) is 0 Å². The van der Waals surface area contributed by atoms with E-state index in [0.717, 1.165) is 48.5 Å². The van der Waals surface area contributed by atoms with Crippen LogP contribution in [0.2, 0.25) is 0 Å². The van der Waals surface area contributed by atoms with E-state index in [4.69, 9.17) is 0 Å². The van der Waals surface area contributed by atoms with E-state index in [1.165, 1.54) is 0 Å². The Morgan fingerprint density at radius 2 is 2.20 bits per heavy atom. The first-order valence-electron chi connectivity index (χ1n) is 8.10. The molecule has 0 spiro atoms. The van der Waals surface area contributed by atoms with Crippen LogP contribution in [0, 0.1) is 0 Å². The van der Waals surface area contributed by atoms with E-state index in [9.17, 15) is 0 Å². The van der Waals surface area contributed by atoms with Gasteiger partial charge in [0.1, 0.15) is 12.2 Å². The summed E-state index contributed by atoms with van der Waals surface area (Å²) in [5, 5.41) is 16.7. The fraction of sp³-hybridized carbons (Fsp3) is 0.467. The molecule has 0 aliphatic carbocycles. The SMILES string of the molecule is CCNC(=NCc1cn2ccsc2n1)NCCn1cnnc1CC.I. The van der Waals surface area contributed by atoms with Crippen LogP contribution in [0.3, 0.4) is 0 Å². The van der Waals surface area contributed by atoms with Crippen molar-refractivity contribution >= 4 is 46.2 Å². The van der Waals surface area contributed by atoms with Gasteiger partial charge in [-0.2, -0.15) is 0 Å². The van der Waals surface area contributed by atoms with Gasteiger partial charge in [0.25, 0.3) is 0 Å². The van der Waals surface area contributed by atoms with Crippen molar-refractivity contribution in [2.24, 2.45) is 4.99 Å². The quantitative estimate of drug-likeness (QED) is 0.311. The highest BCUT2D eigenvalue weighted by Crippen LogP contribution is 2.11. The van der Waals surface area contributed by atoms with Gasteiger partial charge in [-0.25, -0.2) is 9.98 Å². The fourth-order valence-electron chi connectivity index (χ4n) is 2.39. The zero-order valence-electron chi connectivity index (χ0n) is 14.3. The average molecular weight is 474 g/mol. The van der Waals surface area contributed by atoms with Crippen molar-refractivity contribution in [1.82, 2.24) is 34.8 Å². The number of aryl methyl sites for hydroxylation is 1. The summed E-state index contributed by atoms with van der Waals surface area (Å²) >= 11 is 1.63. The number of thiazole rings is 1. The van der Waals surface area contributed by atoms with E-state index >= 15 is 0 Å². The molecule has 2 N–H and O–H groups in total. The van der Waals surface area contributed by atoms with Crippen LogP contribution >= 0.6 is 35.3 Å². The minimum Gasteiger partial charge on any atom is -0.357 e. The minimum atomic E-state index is 0. The monoisotopic (exact) mass is 474 g/mol. The molecule has 0 amide bonds. The summed E-state index contributed by atoms with van der Waals surface area (Å²) in [7, 11) is 0. The van der Waals surface area contributed by atoms with Gasteiger partial charge in [-0.15, -0.1) is 45.5 Å². The van der Waals surface area contributed by atoms with E-state index in [2.05, 4.69) is 49.2 Å². The Bertz CT molecular complexity index is 777. The lowest BCUT2D eigenvalue weighted by Gasteiger charge is -2.11. The highest BCUT2D eigenvalue weighted by Gasteiger charge is 2.04. The van der Waals surface area contributed by atoms with Crippen LogP contribution in [-0.2, 0) is 19.5 Å². The summed E-state index contributed by atoms with van der Waals surface area (Å²) in [5.41, 5.74) is 0.964. The summed E-state index contributed by atoms with van der Waals surface area (Å²) in [6, 6.07) is 0. The van der Waals surface area contributed by atoms with Crippen LogP contribution in [0.15, 0.2) is 29.1 Å². The molecule has 0 aliphatic heterocycles. The number of hydrogen-bond donors (Lipinski definition) is 2. The molecule has 0 atom stereocenters. The smallest absolute Gasteiger partial charge is 0.193 e. The molecule has 0 fully saturated rings. The normalized spacial score (nSPS) is 11.5. The van der Waals surface area contributed by atoms with Crippen LogP contribution in [0.25, 0.3) is 4.96 Å². The second-order valence-corrected chi connectivity index (χ2v) is 6.11. The van der Waals surface area contributed by atoms with E-state index in [1.807, 2.05) is 22.2 Å². The molecule has 0 aromatic carbocycles. The molecule has 0 radical (unpaired) electrons. The van der Waals surface area contributed by atoms with Gasteiger partial charge in [0.05, 0.1) is 12.2 Å². The lowest BCUT2D eigenvalue weighted by atomic mass is 10.4. The van der Waals surface area contributed by atoms with Crippen LogP contribution in [0.1, 0.15) is 25.4 Å². The van der Waals surface area contributed by atoms with Gasteiger partial charge < -0.3 is 15.2 Å². The van der Waals surface area contributed by atoms with Crippen molar-refractivity contribution in [2.75, 3.05) is 13.1 Å². The number of aliphatic imine (C=N–C) groups is 1. The Labute approximate surface area is 167 Å². The van der Waals surface area contributed by atoms with Gasteiger partial charge >= 0.3 is 0 Å². The average Bonchev–Trinajstić information content (AvgIpc) is 3.28. The summed E-state index contributed by atoms with van der Waals surface area (Å²) in [5.74, 6) is 1.79. The topological polar surface area (TPSA) is 84.4 Å². The van der Waals surface area contributed by atoms with E-state index in [-0.39, 0.29) is 24.0 Å². The zero-order valence-corrected chi connectivity index (χ0v) is 17.5. The standard InChI is InChI=1S/C15H22N8S.HI/c1-3-13-21-19-11-23(13)6-5-17-14(16-4-2)18-9-12-10-22-7-8-24-15(22)20-12;/h7-8,10-11H,3-6,9H2,1-2H3,(H2,16,17,18);1H. The molecule has 25 heavy (non-hydrogen) atoms. The zero-order chi connectivity index (χ0) is 16.8. The molecule has 0 saturated heterocycles. The highest BCUT2D eigenvalue weighted by atomic mass is 127. The number of hydrogen-bond acceptors (Lipinski definition) is 5. The predicted octanol–water partition coefficient (Wildman–Crippen LogP) is 1.92. The second-order valence-electron chi connectivity index (χ2n) is 5.24.